The molecule has 2 rings (SSSR count). The zero-order chi connectivity index (χ0) is 13.1. The van der Waals surface area contributed by atoms with Crippen molar-refractivity contribution in [1.82, 2.24) is 4.90 Å². The van der Waals surface area contributed by atoms with Crippen molar-refractivity contribution in [1.29, 1.82) is 0 Å². The third-order valence-corrected chi connectivity index (χ3v) is 3.44. The minimum Gasteiger partial charge on any atom is -0.326 e. The number of rotatable bonds is 3. The van der Waals surface area contributed by atoms with E-state index in [-0.39, 0.29) is 11.9 Å². The van der Waals surface area contributed by atoms with Crippen molar-refractivity contribution in [3.63, 3.8) is 0 Å². The number of likely N-dealkylation sites (tertiary alicyclic amines) is 1. The van der Waals surface area contributed by atoms with Gasteiger partial charge in [0.1, 0.15) is 0 Å². The molecule has 4 nitrogen and oxygen atoms in total. The van der Waals surface area contributed by atoms with Crippen molar-refractivity contribution in [2.45, 2.75) is 12.5 Å². The molecule has 0 spiro atoms. The maximum Gasteiger partial charge on any atom is 0.238 e. The van der Waals surface area contributed by atoms with Gasteiger partial charge in [-0.1, -0.05) is 23.2 Å². The van der Waals surface area contributed by atoms with Crippen LogP contribution < -0.4 is 11.1 Å². The molecule has 3 N–H and O–H groups in total. The van der Waals surface area contributed by atoms with Crippen LogP contribution in [0, 0.1) is 0 Å². The first-order valence-corrected chi connectivity index (χ1v) is 6.53. The van der Waals surface area contributed by atoms with Crippen molar-refractivity contribution in [3.05, 3.63) is 28.2 Å². The number of nitrogens with one attached hydrogen (secondary N) is 1. The van der Waals surface area contributed by atoms with Gasteiger partial charge in [-0.15, -0.1) is 0 Å². The molecule has 0 saturated carbocycles. The lowest BCUT2D eigenvalue weighted by Gasteiger charge is -2.15. The van der Waals surface area contributed by atoms with Gasteiger partial charge in [0.15, 0.2) is 0 Å². The second kappa shape index (κ2) is 5.89. The minimum atomic E-state index is -0.103. The maximum atomic E-state index is 11.8. The zero-order valence-corrected chi connectivity index (χ0v) is 11.3. The van der Waals surface area contributed by atoms with Crippen LogP contribution in [0.2, 0.25) is 10.0 Å². The van der Waals surface area contributed by atoms with Crippen molar-refractivity contribution in [3.8, 4) is 0 Å². The van der Waals surface area contributed by atoms with Crippen LogP contribution in [0.15, 0.2) is 18.2 Å². The Morgan fingerprint density at radius 3 is 2.94 bits per heavy atom. The highest BCUT2D eigenvalue weighted by Gasteiger charge is 2.21. The number of amides is 1. The number of anilines is 1. The van der Waals surface area contributed by atoms with Crippen LogP contribution in [0.3, 0.4) is 0 Å². The highest BCUT2D eigenvalue weighted by atomic mass is 35.5. The maximum absolute atomic E-state index is 11.8. The molecular weight excluding hydrogens is 273 g/mol. The first kappa shape index (κ1) is 13.6. The second-order valence-electron chi connectivity index (χ2n) is 4.46. The highest BCUT2D eigenvalue weighted by Crippen LogP contribution is 2.25. The van der Waals surface area contributed by atoms with E-state index in [1.54, 1.807) is 18.2 Å². The highest BCUT2D eigenvalue weighted by molar-refractivity contribution is 6.35. The lowest BCUT2D eigenvalue weighted by atomic mass is 10.3. The van der Waals surface area contributed by atoms with Crippen LogP contribution >= 0.6 is 23.2 Å². The van der Waals surface area contributed by atoms with Crippen LogP contribution in [-0.4, -0.2) is 36.5 Å². The molecule has 1 aromatic rings. The second-order valence-corrected chi connectivity index (χ2v) is 5.30. The third kappa shape index (κ3) is 3.59. The Kier molecular flexibility index (Phi) is 4.45. The van der Waals surface area contributed by atoms with Crippen LogP contribution in [0.4, 0.5) is 5.69 Å². The average molecular weight is 288 g/mol. The van der Waals surface area contributed by atoms with E-state index in [2.05, 4.69) is 5.32 Å². The van der Waals surface area contributed by atoms with Crippen LogP contribution in [-0.2, 0) is 4.79 Å². The van der Waals surface area contributed by atoms with Crippen molar-refractivity contribution in [2.75, 3.05) is 25.0 Å². The average Bonchev–Trinajstić information content (AvgIpc) is 2.69. The van der Waals surface area contributed by atoms with E-state index in [0.29, 0.717) is 22.3 Å². The van der Waals surface area contributed by atoms with Gasteiger partial charge in [0, 0.05) is 24.2 Å². The summed E-state index contributed by atoms with van der Waals surface area (Å²) in [6.45, 7) is 1.95. The standard InChI is InChI=1S/C12H15Cl2N3O/c13-8-1-2-10(14)11(5-8)16-12(18)7-17-4-3-9(15)6-17/h1-2,5,9H,3-4,6-7,15H2,(H,16,18)/t9-/m0/s1. The third-order valence-electron chi connectivity index (χ3n) is 2.88. The van der Waals surface area contributed by atoms with E-state index < -0.39 is 0 Å². The molecule has 1 aromatic carbocycles. The fourth-order valence-corrected chi connectivity index (χ4v) is 2.33. The normalized spacial score (nSPS) is 20.1. The largest absolute Gasteiger partial charge is 0.326 e. The summed E-state index contributed by atoms with van der Waals surface area (Å²) >= 11 is 11.8. The Morgan fingerprint density at radius 1 is 1.50 bits per heavy atom. The Balaban J connectivity index is 1.92. The monoisotopic (exact) mass is 287 g/mol. The lowest BCUT2D eigenvalue weighted by Crippen LogP contribution is -2.33. The van der Waals surface area contributed by atoms with E-state index in [1.165, 1.54) is 0 Å². The van der Waals surface area contributed by atoms with Crippen molar-refractivity contribution < 1.29 is 4.79 Å². The van der Waals surface area contributed by atoms with Gasteiger partial charge >= 0.3 is 0 Å². The molecule has 98 valence electrons. The first-order chi connectivity index (χ1) is 8.54. The number of nitrogens with zero attached hydrogens (tertiary/aromatic N) is 1. The predicted molar refractivity (Wildman–Crippen MR) is 74.1 cm³/mol. The molecule has 1 fully saturated rings. The van der Waals surface area contributed by atoms with Gasteiger partial charge < -0.3 is 11.1 Å². The van der Waals surface area contributed by atoms with E-state index >= 15 is 0 Å². The molecule has 1 aliphatic rings. The molecule has 0 bridgehead atoms. The summed E-state index contributed by atoms with van der Waals surface area (Å²) in [5.74, 6) is -0.103. The topological polar surface area (TPSA) is 58.4 Å². The molecule has 1 aliphatic heterocycles. The van der Waals surface area contributed by atoms with Gasteiger partial charge in [-0.25, -0.2) is 0 Å². The molecule has 1 atom stereocenters. The number of hydrogen-bond donors (Lipinski definition) is 2. The Bertz CT molecular complexity index is 453. The molecule has 0 unspecified atom stereocenters. The molecular formula is C12H15Cl2N3O. The molecule has 18 heavy (non-hydrogen) atoms. The number of hydrogen-bond acceptors (Lipinski definition) is 3. The number of benzene rings is 1. The quantitative estimate of drug-likeness (QED) is 0.894. The van der Waals surface area contributed by atoms with E-state index in [0.717, 1.165) is 19.5 Å². The Morgan fingerprint density at radius 2 is 2.28 bits per heavy atom. The summed E-state index contributed by atoms with van der Waals surface area (Å²) in [6.07, 6.45) is 0.936. The van der Waals surface area contributed by atoms with E-state index in [9.17, 15) is 4.79 Å². The molecule has 6 heteroatoms. The molecule has 0 aliphatic carbocycles. The van der Waals surface area contributed by atoms with Crippen molar-refractivity contribution in [2.24, 2.45) is 5.73 Å². The Labute approximate surface area is 116 Å². The van der Waals surface area contributed by atoms with Gasteiger partial charge in [-0.3, -0.25) is 9.69 Å². The summed E-state index contributed by atoms with van der Waals surface area (Å²) in [6, 6.07) is 5.15. The fraction of sp³-hybridized carbons (Fsp3) is 0.417. The molecule has 1 saturated heterocycles. The van der Waals surface area contributed by atoms with E-state index in [1.807, 2.05) is 4.90 Å². The van der Waals surface area contributed by atoms with Crippen LogP contribution in [0.25, 0.3) is 0 Å². The number of carbonyl (C=O) groups excluding carboxylic acids is 1. The minimum absolute atomic E-state index is 0.103. The smallest absolute Gasteiger partial charge is 0.238 e. The van der Waals surface area contributed by atoms with Gasteiger partial charge in [0.2, 0.25) is 5.91 Å². The van der Waals surface area contributed by atoms with Crippen LogP contribution in [0.1, 0.15) is 6.42 Å². The summed E-state index contributed by atoms with van der Waals surface area (Å²) < 4.78 is 0. The summed E-state index contributed by atoms with van der Waals surface area (Å²) in [5.41, 5.74) is 6.32. The molecule has 0 radical (unpaired) electrons. The predicted octanol–water partition coefficient (Wildman–Crippen LogP) is 1.96. The number of nitrogens with two attached hydrogens (primary N) is 1. The number of halogens is 2. The van der Waals surface area contributed by atoms with Gasteiger partial charge in [-0.2, -0.15) is 0 Å². The van der Waals surface area contributed by atoms with Crippen molar-refractivity contribution >= 4 is 34.8 Å². The fourth-order valence-electron chi connectivity index (χ4n) is 1.99. The SMILES string of the molecule is N[C@H]1CCN(CC(=O)Nc2cc(Cl)ccc2Cl)C1. The van der Waals surface area contributed by atoms with Gasteiger partial charge in [-0.05, 0) is 24.6 Å². The molecule has 1 amide bonds. The molecule has 1 heterocycles. The zero-order valence-electron chi connectivity index (χ0n) is 9.83. The summed E-state index contributed by atoms with van der Waals surface area (Å²) in [7, 11) is 0. The molecule has 0 aromatic heterocycles. The number of carbonyl (C=O) groups is 1. The first-order valence-electron chi connectivity index (χ1n) is 5.77. The van der Waals surface area contributed by atoms with E-state index in [4.69, 9.17) is 28.9 Å². The van der Waals surface area contributed by atoms with Gasteiger partial charge in [0.25, 0.3) is 0 Å². The van der Waals surface area contributed by atoms with Gasteiger partial charge in [0.05, 0.1) is 17.3 Å². The van der Waals surface area contributed by atoms with Crippen LogP contribution in [0.5, 0.6) is 0 Å². The lowest BCUT2D eigenvalue weighted by molar-refractivity contribution is -0.117. The summed E-state index contributed by atoms with van der Waals surface area (Å²) in [4.78, 5) is 13.9. The Hall–Kier alpha value is -0.810. The summed E-state index contributed by atoms with van der Waals surface area (Å²) in [5, 5.41) is 3.77.